The first-order valence-corrected chi connectivity index (χ1v) is 9.36. The number of benzene rings is 1. The van der Waals surface area contributed by atoms with Gasteiger partial charge in [-0.15, -0.1) is 0 Å². The molecule has 9 heteroatoms. The van der Waals surface area contributed by atoms with Gasteiger partial charge >= 0.3 is 6.18 Å². The number of hydrogen-bond acceptors (Lipinski definition) is 5. The Bertz CT molecular complexity index is 945. The smallest absolute Gasteiger partial charge is 0.435 e. The van der Waals surface area contributed by atoms with Gasteiger partial charge in [0, 0.05) is 31.5 Å². The Labute approximate surface area is 166 Å². The molecule has 2 aromatic heterocycles. The van der Waals surface area contributed by atoms with Crippen molar-refractivity contribution in [2.45, 2.75) is 31.7 Å². The van der Waals surface area contributed by atoms with Gasteiger partial charge in [0.15, 0.2) is 5.69 Å². The fraction of sp³-hybridized carbons (Fsp3) is 0.350. The van der Waals surface area contributed by atoms with Gasteiger partial charge in [0.2, 0.25) is 11.8 Å². The van der Waals surface area contributed by atoms with Crippen LogP contribution in [-0.4, -0.2) is 32.8 Å². The van der Waals surface area contributed by atoms with Gasteiger partial charge in [-0.3, -0.25) is 4.68 Å². The van der Waals surface area contributed by atoms with E-state index in [9.17, 15) is 13.2 Å². The first kappa shape index (κ1) is 19.2. The zero-order chi connectivity index (χ0) is 20.3. The molecule has 1 atom stereocenters. The van der Waals surface area contributed by atoms with E-state index >= 15 is 0 Å². The number of alkyl halides is 3. The molecule has 0 saturated carbocycles. The van der Waals surface area contributed by atoms with Crippen molar-refractivity contribution in [2.75, 3.05) is 18.0 Å². The molecule has 1 fully saturated rings. The van der Waals surface area contributed by atoms with E-state index in [2.05, 4.69) is 15.1 Å². The summed E-state index contributed by atoms with van der Waals surface area (Å²) in [6.07, 6.45) is 0.135. The highest BCUT2D eigenvalue weighted by atomic mass is 19.4. The van der Waals surface area contributed by atoms with Crippen LogP contribution in [0.15, 0.2) is 54.9 Å². The summed E-state index contributed by atoms with van der Waals surface area (Å²) >= 11 is 0. The molecule has 0 spiro atoms. The predicted octanol–water partition coefficient (Wildman–Crippen LogP) is 4.11. The highest BCUT2D eigenvalue weighted by molar-refractivity contribution is 5.33. The second kappa shape index (κ2) is 8.10. The van der Waals surface area contributed by atoms with Gasteiger partial charge in [-0.05, 0) is 24.5 Å². The largest absolute Gasteiger partial charge is 0.473 e. The van der Waals surface area contributed by atoms with Crippen molar-refractivity contribution in [3.05, 3.63) is 66.1 Å². The summed E-state index contributed by atoms with van der Waals surface area (Å²) in [5.74, 6) is 0.961. The Hall–Kier alpha value is -3.10. The molecule has 6 nitrogen and oxygen atoms in total. The first-order valence-electron chi connectivity index (χ1n) is 9.36. The lowest BCUT2D eigenvalue weighted by Crippen LogP contribution is -2.38. The van der Waals surface area contributed by atoms with Gasteiger partial charge in [-0.1, -0.05) is 30.3 Å². The zero-order valence-electron chi connectivity index (χ0n) is 15.6. The summed E-state index contributed by atoms with van der Waals surface area (Å²) < 4.78 is 45.6. The van der Waals surface area contributed by atoms with E-state index in [1.165, 1.54) is 10.9 Å². The summed E-state index contributed by atoms with van der Waals surface area (Å²) in [5, 5.41) is 3.71. The van der Waals surface area contributed by atoms with Gasteiger partial charge in [0.25, 0.3) is 0 Å². The number of hydrogen-bond donors (Lipinski definition) is 0. The summed E-state index contributed by atoms with van der Waals surface area (Å²) in [4.78, 5) is 10.7. The molecule has 1 aliphatic heterocycles. The Morgan fingerprint density at radius 1 is 1.10 bits per heavy atom. The minimum Gasteiger partial charge on any atom is -0.473 e. The van der Waals surface area contributed by atoms with Crippen LogP contribution in [0.3, 0.4) is 0 Å². The number of piperidine rings is 1. The third kappa shape index (κ3) is 4.67. The average Bonchev–Trinajstić information content (AvgIpc) is 3.24. The van der Waals surface area contributed by atoms with E-state index in [0.29, 0.717) is 25.0 Å². The minimum absolute atomic E-state index is 0.169. The fourth-order valence-corrected chi connectivity index (χ4v) is 3.34. The molecule has 1 unspecified atom stereocenters. The Morgan fingerprint density at radius 3 is 2.69 bits per heavy atom. The number of ether oxygens (including phenoxy) is 1. The summed E-state index contributed by atoms with van der Waals surface area (Å²) in [6.45, 7) is 1.61. The molecule has 4 rings (SSSR count). The molecule has 0 bridgehead atoms. The lowest BCUT2D eigenvalue weighted by Gasteiger charge is -2.32. The number of anilines is 1. The quantitative estimate of drug-likeness (QED) is 0.642. The summed E-state index contributed by atoms with van der Waals surface area (Å²) in [6, 6.07) is 12.3. The molecular formula is C20H20F3N5O. The lowest BCUT2D eigenvalue weighted by molar-refractivity contribution is -0.141. The van der Waals surface area contributed by atoms with Crippen LogP contribution in [0.1, 0.15) is 30.1 Å². The standard InChI is InChI=1S/C20H20F3N5O/c21-20(22,23)17-9-12-28(26-17)16-7-4-11-27(13-16)19-24-10-8-18(25-19)29-14-15-5-2-1-3-6-15/h1-3,5-6,8-10,12,16H,4,7,11,13-14H2. The third-order valence-electron chi connectivity index (χ3n) is 4.80. The van der Waals surface area contributed by atoms with Gasteiger partial charge in [-0.25, -0.2) is 4.98 Å². The first-order chi connectivity index (χ1) is 14.0. The van der Waals surface area contributed by atoms with Crippen molar-refractivity contribution in [1.29, 1.82) is 0 Å². The number of rotatable bonds is 5. The molecule has 152 valence electrons. The van der Waals surface area contributed by atoms with Crippen LogP contribution < -0.4 is 9.64 Å². The van der Waals surface area contributed by atoms with E-state index in [0.717, 1.165) is 31.0 Å². The van der Waals surface area contributed by atoms with Crippen molar-refractivity contribution in [3.8, 4) is 5.88 Å². The highest BCUT2D eigenvalue weighted by Gasteiger charge is 2.34. The van der Waals surface area contributed by atoms with Crippen LogP contribution in [0.5, 0.6) is 5.88 Å². The van der Waals surface area contributed by atoms with Crippen molar-refractivity contribution in [3.63, 3.8) is 0 Å². The van der Waals surface area contributed by atoms with E-state index in [1.54, 1.807) is 12.3 Å². The van der Waals surface area contributed by atoms with Crippen molar-refractivity contribution < 1.29 is 17.9 Å². The number of nitrogens with zero attached hydrogens (tertiary/aromatic N) is 5. The van der Waals surface area contributed by atoms with Crippen LogP contribution in [0.25, 0.3) is 0 Å². The molecule has 29 heavy (non-hydrogen) atoms. The second-order valence-corrected chi connectivity index (χ2v) is 6.89. The topological polar surface area (TPSA) is 56.1 Å². The molecular weight excluding hydrogens is 383 g/mol. The average molecular weight is 403 g/mol. The Morgan fingerprint density at radius 2 is 1.93 bits per heavy atom. The molecule has 1 aromatic carbocycles. The maximum absolute atomic E-state index is 12.8. The van der Waals surface area contributed by atoms with Gasteiger partial charge in [0.05, 0.1) is 6.04 Å². The maximum atomic E-state index is 12.8. The van der Waals surface area contributed by atoms with Crippen LogP contribution in [0.2, 0.25) is 0 Å². The predicted molar refractivity (Wildman–Crippen MR) is 101 cm³/mol. The summed E-state index contributed by atoms with van der Waals surface area (Å²) in [5.41, 5.74) is 0.159. The van der Waals surface area contributed by atoms with Crippen LogP contribution in [0, 0.1) is 0 Å². The monoisotopic (exact) mass is 403 g/mol. The van der Waals surface area contributed by atoms with E-state index in [1.807, 2.05) is 35.2 Å². The van der Waals surface area contributed by atoms with Gasteiger partial charge < -0.3 is 9.64 Å². The molecule has 1 aliphatic rings. The number of halogens is 3. The van der Waals surface area contributed by atoms with E-state index < -0.39 is 11.9 Å². The molecule has 0 amide bonds. The molecule has 0 N–H and O–H groups in total. The lowest BCUT2D eigenvalue weighted by atomic mass is 10.1. The van der Waals surface area contributed by atoms with Gasteiger partial charge in [0.1, 0.15) is 6.61 Å². The maximum Gasteiger partial charge on any atom is 0.435 e. The highest BCUT2D eigenvalue weighted by Crippen LogP contribution is 2.30. The fourth-order valence-electron chi connectivity index (χ4n) is 3.34. The molecule has 3 aromatic rings. The van der Waals surface area contributed by atoms with Crippen molar-refractivity contribution in [2.24, 2.45) is 0 Å². The van der Waals surface area contributed by atoms with Crippen molar-refractivity contribution in [1.82, 2.24) is 19.7 Å². The Balaban J connectivity index is 1.43. The van der Waals surface area contributed by atoms with Gasteiger partial charge in [-0.2, -0.15) is 23.3 Å². The molecule has 0 radical (unpaired) electrons. The van der Waals surface area contributed by atoms with Crippen LogP contribution >= 0.6 is 0 Å². The Kier molecular flexibility index (Phi) is 5.37. The zero-order valence-corrected chi connectivity index (χ0v) is 15.6. The summed E-state index contributed by atoms with van der Waals surface area (Å²) in [7, 11) is 0. The molecule has 1 saturated heterocycles. The van der Waals surface area contributed by atoms with E-state index in [4.69, 9.17) is 4.74 Å². The van der Waals surface area contributed by atoms with Crippen LogP contribution in [0.4, 0.5) is 19.1 Å². The van der Waals surface area contributed by atoms with Crippen molar-refractivity contribution >= 4 is 5.95 Å². The minimum atomic E-state index is -4.44. The van der Waals surface area contributed by atoms with E-state index in [-0.39, 0.29) is 6.04 Å². The normalized spacial score (nSPS) is 17.3. The molecule has 3 heterocycles. The molecule has 0 aliphatic carbocycles. The SMILES string of the molecule is FC(F)(F)c1ccn(C2CCCN(c3nccc(OCc4ccccc4)n3)C2)n1. The second-order valence-electron chi connectivity index (χ2n) is 6.89. The van der Waals surface area contributed by atoms with Crippen LogP contribution in [-0.2, 0) is 12.8 Å². The third-order valence-corrected chi connectivity index (χ3v) is 4.80. The number of aromatic nitrogens is 4.